The Labute approximate surface area is 79.3 Å². The van der Waals surface area contributed by atoms with Crippen molar-refractivity contribution < 1.29 is 9.90 Å². The first kappa shape index (κ1) is 12.4. The molecule has 0 aromatic heterocycles. The number of amides is 1. The van der Waals surface area contributed by atoms with Gasteiger partial charge in [0.15, 0.2) is 0 Å². The van der Waals surface area contributed by atoms with Gasteiger partial charge in [0.05, 0.1) is 0 Å². The van der Waals surface area contributed by atoms with Crippen molar-refractivity contribution >= 4 is 5.91 Å². The zero-order valence-electron chi connectivity index (χ0n) is 8.36. The minimum Gasteiger partial charge on any atom is -0.382 e. The molecule has 78 valence electrons. The third-order valence-electron chi connectivity index (χ3n) is 2.46. The fourth-order valence-corrected chi connectivity index (χ4v) is 1.35. The second-order valence-corrected chi connectivity index (χ2v) is 3.43. The van der Waals surface area contributed by atoms with E-state index in [9.17, 15) is 9.90 Å². The maximum Gasteiger partial charge on any atom is 0.247 e. The van der Waals surface area contributed by atoms with E-state index in [2.05, 4.69) is 13.8 Å². The van der Waals surface area contributed by atoms with Gasteiger partial charge in [-0.25, -0.2) is 0 Å². The largest absolute Gasteiger partial charge is 0.382 e. The van der Waals surface area contributed by atoms with Crippen molar-refractivity contribution in [2.45, 2.75) is 45.3 Å². The molecule has 0 saturated carbocycles. The van der Waals surface area contributed by atoms with E-state index in [4.69, 9.17) is 11.5 Å². The molecular weight excluding hydrogens is 168 g/mol. The summed E-state index contributed by atoms with van der Waals surface area (Å²) >= 11 is 0. The Hall–Kier alpha value is -0.610. The van der Waals surface area contributed by atoms with Crippen LogP contribution in [0.4, 0.5) is 0 Å². The molecule has 0 rings (SSSR count). The summed E-state index contributed by atoms with van der Waals surface area (Å²) in [4.78, 5) is 10.6. The van der Waals surface area contributed by atoms with Crippen molar-refractivity contribution in [1.82, 2.24) is 0 Å². The monoisotopic (exact) mass is 188 g/mol. The van der Waals surface area contributed by atoms with Crippen molar-refractivity contribution in [3.63, 3.8) is 0 Å². The van der Waals surface area contributed by atoms with Gasteiger partial charge in [-0.05, 0) is 12.3 Å². The van der Waals surface area contributed by atoms with Gasteiger partial charge < -0.3 is 16.6 Å². The highest BCUT2D eigenvalue weighted by atomic mass is 16.3. The first-order valence-electron chi connectivity index (χ1n) is 4.75. The summed E-state index contributed by atoms with van der Waals surface area (Å²) in [6.07, 6.45) is 1.46. The molecule has 0 aromatic rings. The Morgan fingerprint density at radius 3 is 2.15 bits per heavy atom. The molecule has 0 bridgehead atoms. The highest BCUT2D eigenvalue weighted by molar-refractivity contribution is 5.79. The quantitative estimate of drug-likeness (QED) is 0.547. The van der Waals surface area contributed by atoms with Crippen LogP contribution in [0.5, 0.6) is 0 Å². The highest BCUT2D eigenvalue weighted by Crippen LogP contribution is 2.15. The Morgan fingerprint density at radius 2 is 1.85 bits per heavy atom. The van der Waals surface area contributed by atoms with Crippen molar-refractivity contribution in [3.8, 4) is 0 Å². The normalized spacial score (nSPS) is 15.8. The predicted molar refractivity (Wildman–Crippen MR) is 51.9 cm³/mol. The molecule has 0 saturated heterocycles. The number of carbonyl (C=O) groups is 1. The summed E-state index contributed by atoms with van der Waals surface area (Å²) in [7, 11) is 0. The van der Waals surface area contributed by atoms with Crippen LogP contribution >= 0.6 is 0 Å². The summed E-state index contributed by atoms with van der Waals surface area (Å²) in [5.74, 6) is -0.276. The third-order valence-corrected chi connectivity index (χ3v) is 2.46. The molecule has 0 spiro atoms. The van der Waals surface area contributed by atoms with Crippen LogP contribution in [0.1, 0.15) is 33.1 Å². The zero-order chi connectivity index (χ0) is 10.4. The Balaban J connectivity index is 3.97. The lowest BCUT2D eigenvalue weighted by Crippen LogP contribution is -2.44. The fourth-order valence-electron chi connectivity index (χ4n) is 1.35. The van der Waals surface area contributed by atoms with Gasteiger partial charge in [0.2, 0.25) is 5.91 Å². The van der Waals surface area contributed by atoms with Crippen molar-refractivity contribution in [3.05, 3.63) is 0 Å². The molecule has 0 aliphatic heterocycles. The van der Waals surface area contributed by atoms with Gasteiger partial charge in [0.25, 0.3) is 0 Å². The van der Waals surface area contributed by atoms with Crippen LogP contribution in [-0.2, 0) is 4.79 Å². The summed E-state index contributed by atoms with van der Waals surface area (Å²) in [6, 6.07) is -0.526. The summed E-state index contributed by atoms with van der Waals surface area (Å²) in [5.41, 5.74) is 10.5. The number of primary amides is 1. The lowest BCUT2D eigenvalue weighted by Gasteiger charge is -2.20. The first-order chi connectivity index (χ1) is 6.02. The SMILES string of the molecule is CCC(CC)CC(N)C(O)C(N)=O. The summed E-state index contributed by atoms with van der Waals surface area (Å²) < 4.78 is 0. The van der Waals surface area contributed by atoms with Gasteiger partial charge in [0, 0.05) is 6.04 Å². The second kappa shape index (κ2) is 5.94. The maximum atomic E-state index is 10.6. The lowest BCUT2D eigenvalue weighted by molar-refractivity contribution is -0.127. The van der Waals surface area contributed by atoms with Crippen LogP contribution in [0.2, 0.25) is 0 Å². The third kappa shape index (κ3) is 4.24. The first-order valence-corrected chi connectivity index (χ1v) is 4.75. The molecule has 0 radical (unpaired) electrons. The Morgan fingerprint density at radius 1 is 1.38 bits per heavy atom. The Bertz CT molecular complexity index is 158. The van der Waals surface area contributed by atoms with Gasteiger partial charge in [-0.1, -0.05) is 26.7 Å². The van der Waals surface area contributed by atoms with Crippen molar-refractivity contribution in [2.75, 3.05) is 0 Å². The number of hydrogen-bond donors (Lipinski definition) is 3. The maximum absolute atomic E-state index is 10.6. The van der Waals surface area contributed by atoms with Crippen LogP contribution < -0.4 is 11.5 Å². The smallest absolute Gasteiger partial charge is 0.247 e. The summed E-state index contributed by atoms with van der Waals surface area (Å²) in [6.45, 7) is 4.13. The lowest BCUT2D eigenvalue weighted by atomic mass is 9.92. The highest BCUT2D eigenvalue weighted by Gasteiger charge is 2.22. The van der Waals surface area contributed by atoms with E-state index in [0.717, 1.165) is 12.8 Å². The van der Waals surface area contributed by atoms with E-state index in [-0.39, 0.29) is 0 Å². The average Bonchev–Trinajstić information content (AvgIpc) is 2.12. The molecule has 2 unspecified atom stereocenters. The Kier molecular flexibility index (Phi) is 5.66. The minimum absolute atomic E-state index is 0.462. The molecule has 1 amide bonds. The molecular formula is C9H20N2O2. The van der Waals surface area contributed by atoms with E-state index >= 15 is 0 Å². The molecule has 0 aromatic carbocycles. The molecule has 0 aliphatic carbocycles. The number of nitrogens with two attached hydrogens (primary N) is 2. The van der Waals surface area contributed by atoms with Gasteiger partial charge in [0.1, 0.15) is 6.10 Å². The number of carbonyl (C=O) groups excluding carboxylic acids is 1. The standard InChI is InChI=1S/C9H20N2O2/c1-3-6(4-2)5-7(10)8(12)9(11)13/h6-8,12H,3-5,10H2,1-2H3,(H2,11,13). The number of rotatable bonds is 6. The molecule has 13 heavy (non-hydrogen) atoms. The van der Waals surface area contributed by atoms with Crippen molar-refractivity contribution in [2.24, 2.45) is 17.4 Å². The van der Waals surface area contributed by atoms with E-state index in [0.29, 0.717) is 12.3 Å². The zero-order valence-corrected chi connectivity index (χ0v) is 8.36. The summed E-state index contributed by atoms with van der Waals surface area (Å²) in [5, 5.41) is 9.24. The fraction of sp³-hybridized carbons (Fsp3) is 0.889. The molecule has 5 N–H and O–H groups in total. The average molecular weight is 188 g/mol. The predicted octanol–water partition coefficient (Wildman–Crippen LogP) is -0.0138. The molecule has 0 aliphatic rings. The van der Waals surface area contributed by atoms with E-state index in [1.54, 1.807) is 0 Å². The van der Waals surface area contributed by atoms with Crippen molar-refractivity contribution in [1.29, 1.82) is 0 Å². The van der Waals surface area contributed by atoms with Gasteiger partial charge in [-0.3, -0.25) is 4.79 Å². The number of aliphatic hydroxyl groups excluding tert-OH is 1. The molecule has 4 heteroatoms. The van der Waals surface area contributed by atoms with Crippen LogP contribution in [0, 0.1) is 5.92 Å². The number of aliphatic hydroxyl groups is 1. The molecule has 4 nitrogen and oxygen atoms in total. The van der Waals surface area contributed by atoms with E-state index in [1.165, 1.54) is 0 Å². The van der Waals surface area contributed by atoms with Crippen LogP contribution in [0.15, 0.2) is 0 Å². The van der Waals surface area contributed by atoms with E-state index in [1.807, 2.05) is 0 Å². The minimum atomic E-state index is -1.21. The van der Waals surface area contributed by atoms with Crippen LogP contribution in [0.3, 0.4) is 0 Å². The van der Waals surface area contributed by atoms with Gasteiger partial charge in [-0.15, -0.1) is 0 Å². The van der Waals surface area contributed by atoms with Gasteiger partial charge >= 0.3 is 0 Å². The topological polar surface area (TPSA) is 89.3 Å². The van der Waals surface area contributed by atoms with E-state index < -0.39 is 18.1 Å². The van der Waals surface area contributed by atoms with Crippen LogP contribution in [-0.4, -0.2) is 23.2 Å². The van der Waals surface area contributed by atoms with Gasteiger partial charge in [-0.2, -0.15) is 0 Å². The number of hydrogen-bond acceptors (Lipinski definition) is 3. The molecule has 0 fully saturated rings. The molecule has 0 heterocycles. The second-order valence-electron chi connectivity index (χ2n) is 3.43. The molecule has 2 atom stereocenters. The van der Waals surface area contributed by atoms with Crippen LogP contribution in [0.25, 0.3) is 0 Å².